The minimum Gasteiger partial charge on any atom is -0.493 e. The van der Waals surface area contributed by atoms with Crippen LogP contribution in [0.25, 0.3) is 0 Å². The van der Waals surface area contributed by atoms with Crippen LogP contribution in [0.1, 0.15) is 18.4 Å². The number of hydrogen-bond donors (Lipinski definition) is 1. The summed E-state index contributed by atoms with van der Waals surface area (Å²) in [6, 6.07) is 9.25. The molecule has 0 saturated carbocycles. The van der Waals surface area contributed by atoms with E-state index in [1.807, 2.05) is 43.5 Å². The lowest BCUT2D eigenvalue weighted by molar-refractivity contribution is 0.342. The summed E-state index contributed by atoms with van der Waals surface area (Å²) in [5.41, 5.74) is 1.02. The highest BCUT2D eigenvalue weighted by Crippen LogP contribution is 2.39. The predicted octanol–water partition coefficient (Wildman–Crippen LogP) is 3.86. The number of aromatic nitrogens is 1. The van der Waals surface area contributed by atoms with Crippen molar-refractivity contribution in [3.05, 3.63) is 54.7 Å². The number of hydrogen-bond acceptors (Lipinski definition) is 5. The Morgan fingerprint density at radius 1 is 1.21 bits per heavy atom. The van der Waals surface area contributed by atoms with E-state index in [1.165, 1.54) is 0 Å². The van der Waals surface area contributed by atoms with Gasteiger partial charge < -0.3 is 24.4 Å². The maximum atomic E-state index is 5.90. The van der Waals surface area contributed by atoms with Gasteiger partial charge in [-0.05, 0) is 30.5 Å². The number of aliphatic imine (C=N–C) groups is 1. The number of methoxy groups -OCH3 is 2. The molecule has 1 heterocycles. The molecular formula is C22H30N4O3. The summed E-state index contributed by atoms with van der Waals surface area (Å²) in [5, 5.41) is 3.35. The van der Waals surface area contributed by atoms with Crippen LogP contribution in [0.5, 0.6) is 23.1 Å². The van der Waals surface area contributed by atoms with Crippen LogP contribution in [-0.4, -0.2) is 50.7 Å². The summed E-state index contributed by atoms with van der Waals surface area (Å²) in [6.45, 7) is 5.28. The fraction of sp³-hybridized carbons (Fsp3) is 0.364. The molecular weight excluding hydrogens is 368 g/mol. The largest absolute Gasteiger partial charge is 0.493 e. The van der Waals surface area contributed by atoms with E-state index in [-0.39, 0.29) is 0 Å². The number of para-hydroxylation sites is 1. The standard InChI is InChI=1S/C22H30N4O3/c1-6-7-8-14-26(3)22(23-2)25-16-17-12-13-20(24-15-17)29-21-18(27-4)10-9-11-19(21)28-5/h6,9-13,15H,1,7-8,14,16H2,2-5H3,(H,23,25). The highest BCUT2D eigenvalue weighted by molar-refractivity contribution is 5.79. The fourth-order valence-electron chi connectivity index (χ4n) is 2.74. The SMILES string of the molecule is C=CCCCN(C)C(=NC)NCc1ccc(Oc2c(OC)cccc2OC)nc1. The highest BCUT2D eigenvalue weighted by Gasteiger charge is 2.13. The minimum atomic E-state index is 0.461. The van der Waals surface area contributed by atoms with Crippen LogP contribution in [0.4, 0.5) is 0 Å². The predicted molar refractivity (Wildman–Crippen MR) is 116 cm³/mol. The molecule has 0 fully saturated rings. The average molecular weight is 399 g/mol. The van der Waals surface area contributed by atoms with Crippen LogP contribution in [-0.2, 0) is 6.54 Å². The molecule has 0 aliphatic heterocycles. The fourth-order valence-corrected chi connectivity index (χ4v) is 2.74. The Morgan fingerprint density at radius 3 is 2.48 bits per heavy atom. The van der Waals surface area contributed by atoms with Crippen LogP contribution < -0.4 is 19.5 Å². The molecule has 7 nitrogen and oxygen atoms in total. The van der Waals surface area contributed by atoms with Crippen molar-refractivity contribution in [1.29, 1.82) is 0 Å². The van der Waals surface area contributed by atoms with E-state index in [2.05, 4.69) is 26.8 Å². The lowest BCUT2D eigenvalue weighted by Crippen LogP contribution is -2.38. The number of pyridine rings is 1. The van der Waals surface area contributed by atoms with Gasteiger partial charge in [0.15, 0.2) is 17.5 Å². The van der Waals surface area contributed by atoms with E-state index in [4.69, 9.17) is 14.2 Å². The Labute approximate surface area is 173 Å². The van der Waals surface area contributed by atoms with Crippen molar-refractivity contribution in [3.63, 3.8) is 0 Å². The first-order valence-corrected chi connectivity index (χ1v) is 9.49. The molecule has 156 valence electrons. The van der Waals surface area contributed by atoms with E-state index < -0.39 is 0 Å². The van der Waals surface area contributed by atoms with Gasteiger partial charge >= 0.3 is 0 Å². The third-order valence-electron chi connectivity index (χ3n) is 4.31. The average Bonchev–Trinajstić information content (AvgIpc) is 2.75. The Kier molecular flexibility index (Phi) is 8.82. The molecule has 0 radical (unpaired) electrons. The molecule has 1 N–H and O–H groups in total. The van der Waals surface area contributed by atoms with Gasteiger partial charge in [0.2, 0.25) is 11.6 Å². The second kappa shape index (κ2) is 11.6. The van der Waals surface area contributed by atoms with Crippen LogP contribution >= 0.6 is 0 Å². The number of rotatable bonds is 10. The van der Waals surface area contributed by atoms with E-state index in [0.29, 0.717) is 29.7 Å². The number of nitrogens with zero attached hydrogens (tertiary/aromatic N) is 3. The summed E-state index contributed by atoms with van der Waals surface area (Å²) >= 11 is 0. The smallest absolute Gasteiger partial charge is 0.219 e. The number of guanidine groups is 1. The van der Waals surface area contributed by atoms with Crippen LogP contribution in [0.15, 0.2) is 54.2 Å². The van der Waals surface area contributed by atoms with Crippen molar-refractivity contribution in [1.82, 2.24) is 15.2 Å². The second-order valence-electron chi connectivity index (χ2n) is 6.35. The maximum absolute atomic E-state index is 5.90. The molecule has 2 rings (SSSR count). The van der Waals surface area contributed by atoms with E-state index in [0.717, 1.165) is 30.9 Å². The zero-order valence-corrected chi connectivity index (χ0v) is 17.6. The normalized spacial score (nSPS) is 11.0. The Morgan fingerprint density at radius 2 is 1.93 bits per heavy atom. The van der Waals surface area contributed by atoms with Crippen molar-refractivity contribution in [2.24, 2.45) is 4.99 Å². The molecule has 0 atom stereocenters. The summed E-state index contributed by atoms with van der Waals surface area (Å²) in [4.78, 5) is 10.8. The molecule has 0 amide bonds. The van der Waals surface area contributed by atoms with Gasteiger partial charge in [0.05, 0.1) is 14.2 Å². The monoisotopic (exact) mass is 398 g/mol. The van der Waals surface area contributed by atoms with Gasteiger partial charge in [0.1, 0.15) is 0 Å². The second-order valence-corrected chi connectivity index (χ2v) is 6.35. The molecule has 0 aliphatic carbocycles. The number of unbranched alkanes of at least 4 members (excludes halogenated alkanes) is 1. The zero-order valence-electron chi connectivity index (χ0n) is 17.6. The van der Waals surface area contributed by atoms with Gasteiger partial charge in [0, 0.05) is 39.4 Å². The van der Waals surface area contributed by atoms with Crippen molar-refractivity contribution in [2.45, 2.75) is 19.4 Å². The first-order valence-electron chi connectivity index (χ1n) is 9.49. The van der Waals surface area contributed by atoms with E-state index in [9.17, 15) is 0 Å². The Bertz CT molecular complexity index is 784. The Hall–Kier alpha value is -3.22. The van der Waals surface area contributed by atoms with Gasteiger partial charge in [-0.3, -0.25) is 4.99 Å². The first kappa shape index (κ1) is 22.1. The van der Waals surface area contributed by atoms with Crippen molar-refractivity contribution >= 4 is 5.96 Å². The molecule has 0 unspecified atom stereocenters. The molecule has 0 saturated heterocycles. The number of benzene rings is 1. The summed E-state index contributed by atoms with van der Waals surface area (Å²) in [7, 11) is 6.98. The third kappa shape index (κ3) is 6.41. The third-order valence-corrected chi connectivity index (χ3v) is 4.31. The zero-order chi connectivity index (χ0) is 21.1. The molecule has 29 heavy (non-hydrogen) atoms. The van der Waals surface area contributed by atoms with Crippen LogP contribution in [0.3, 0.4) is 0 Å². The molecule has 0 aliphatic rings. The number of nitrogens with one attached hydrogen (secondary N) is 1. The quantitative estimate of drug-likeness (QED) is 0.284. The van der Waals surface area contributed by atoms with Gasteiger partial charge in [-0.25, -0.2) is 4.98 Å². The van der Waals surface area contributed by atoms with Gasteiger partial charge in [0.25, 0.3) is 0 Å². The molecule has 1 aromatic heterocycles. The van der Waals surface area contributed by atoms with Gasteiger partial charge in [-0.15, -0.1) is 6.58 Å². The van der Waals surface area contributed by atoms with E-state index >= 15 is 0 Å². The molecule has 0 spiro atoms. The summed E-state index contributed by atoms with van der Waals surface area (Å²) in [6.07, 6.45) is 5.74. The van der Waals surface area contributed by atoms with Crippen LogP contribution in [0, 0.1) is 0 Å². The molecule has 1 aromatic carbocycles. The van der Waals surface area contributed by atoms with Crippen molar-refractivity contribution < 1.29 is 14.2 Å². The minimum absolute atomic E-state index is 0.461. The highest BCUT2D eigenvalue weighted by atomic mass is 16.5. The topological polar surface area (TPSA) is 68.2 Å². The van der Waals surface area contributed by atoms with Gasteiger partial charge in [-0.1, -0.05) is 18.2 Å². The van der Waals surface area contributed by atoms with Crippen LogP contribution in [0.2, 0.25) is 0 Å². The lowest BCUT2D eigenvalue weighted by Gasteiger charge is -2.21. The molecule has 7 heteroatoms. The van der Waals surface area contributed by atoms with Gasteiger partial charge in [-0.2, -0.15) is 0 Å². The summed E-state index contributed by atoms with van der Waals surface area (Å²) in [5.74, 6) is 2.97. The maximum Gasteiger partial charge on any atom is 0.219 e. The number of allylic oxidation sites excluding steroid dienone is 1. The van der Waals surface area contributed by atoms with E-state index in [1.54, 1.807) is 27.5 Å². The first-order chi connectivity index (χ1) is 14.1. The molecule has 0 bridgehead atoms. The molecule has 2 aromatic rings. The van der Waals surface area contributed by atoms with Crippen molar-refractivity contribution in [3.8, 4) is 23.1 Å². The summed E-state index contributed by atoms with van der Waals surface area (Å²) < 4.78 is 16.6. The number of ether oxygens (including phenoxy) is 3. The van der Waals surface area contributed by atoms with Crippen molar-refractivity contribution in [2.75, 3.05) is 34.9 Å². The lowest BCUT2D eigenvalue weighted by atomic mass is 10.2. The Balaban J connectivity index is 1.98.